The molecule has 0 saturated heterocycles. The molecule has 1 aliphatic rings. The van der Waals surface area contributed by atoms with E-state index in [2.05, 4.69) is 15.6 Å². The first-order valence-corrected chi connectivity index (χ1v) is 14.5. The van der Waals surface area contributed by atoms with Crippen molar-refractivity contribution in [1.29, 1.82) is 5.26 Å². The number of nitriles is 1. The van der Waals surface area contributed by atoms with Gasteiger partial charge in [0.15, 0.2) is 5.78 Å². The molecule has 3 aromatic rings. The summed E-state index contributed by atoms with van der Waals surface area (Å²) in [4.78, 5) is 57.0. The van der Waals surface area contributed by atoms with Crippen LogP contribution in [0.2, 0.25) is 0 Å². The van der Waals surface area contributed by atoms with Crippen molar-refractivity contribution in [2.24, 2.45) is 0 Å². The number of Topliss-reactive ketones (excluding diaryl/α,β-unsaturated/α-hetero) is 1. The number of pyridine rings is 1. The second-order valence-electron chi connectivity index (χ2n) is 11.4. The molecule has 0 radical (unpaired) electrons. The number of hydrogen-bond donors (Lipinski definition) is 2. The third-order valence-electron chi connectivity index (χ3n) is 6.89. The Bertz CT molecular complexity index is 1660. The molecule has 1 aromatic heterocycles. The van der Waals surface area contributed by atoms with Crippen LogP contribution in [-0.4, -0.2) is 47.0 Å². The number of aromatic nitrogens is 1. The van der Waals surface area contributed by atoms with Crippen molar-refractivity contribution in [2.45, 2.75) is 65.0 Å². The summed E-state index contributed by atoms with van der Waals surface area (Å²) in [6.45, 7) is 8.91. The summed E-state index contributed by atoms with van der Waals surface area (Å²) >= 11 is 0. The zero-order valence-electron chi connectivity index (χ0n) is 25.6. The topological polar surface area (TPSA) is 151 Å². The highest BCUT2D eigenvalue weighted by Crippen LogP contribution is 2.47. The number of carbonyl (C=O) groups is 4. The van der Waals surface area contributed by atoms with Gasteiger partial charge < -0.3 is 14.8 Å². The second kappa shape index (κ2) is 13.5. The maximum Gasteiger partial charge on any atom is 0.414 e. The predicted octanol–water partition coefficient (Wildman–Crippen LogP) is 6.34. The number of urea groups is 1. The molecule has 2 N–H and O–H groups in total. The molecule has 2 atom stereocenters. The molecule has 0 bridgehead atoms. The van der Waals surface area contributed by atoms with E-state index < -0.39 is 41.5 Å². The zero-order valence-corrected chi connectivity index (χ0v) is 25.6. The summed E-state index contributed by atoms with van der Waals surface area (Å²) in [5.74, 6) is -2.47. The van der Waals surface area contributed by atoms with Crippen molar-refractivity contribution in [3.8, 4) is 11.8 Å². The number of nitrogens with one attached hydrogen (secondary N) is 2. The smallest absolute Gasteiger partial charge is 0.414 e. The molecular formula is C33H34FN5O6. The highest BCUT2D eigenvalue weighted by Gasteiger charge is 2.44. The van der Waals surface area contributed by atoms with Gasteiger partial charge in [-0.05, 0) is 76.6 Å². The van der Waals surface area contributed by atoms with Crippen LogP contribution in [0.25, 0.3) is 0 Å². The number of amides is 3. The Morgan fingerprint density at radius 3 is 2.49 bits per heavy atom. The standard InChI is InChI=1S/C33H34FN5O6/c1-6-26(40)22-12-13-24(34)28(23-16-25(23)37-31(42)38-27-14-11-19(17-35)18-36-27)29(22)44-30(41)20-9-8-10-21(15-20)39(7-2)32(43)45-33(3,4)5/h8-15,18,23,25H,6-7,16H2,1-5H3,(H2,36,37,38,42). The van der Waals surface area contributed by atoms with Crippen molar-refractivity contribution in [3.05, 3.63) is 82.8 Å². The molecule has 2 unspecified atom stereocenters. The summed E-state index contributed by atoms with van der Waals surface area (Å²) in [5, 5.41) is 14.2. The number of carbonyl (C=O) groups excluding carboxylic acids is 4. The number of rotatable bonds is 9. The average Bonchev–Trinajstić information content (AvgIpc) is 3.74. The quantitative estimate of drug-likeness (QED) is 0.161. The maximum absolute atomic E-state index is 15.4. The number of ether oxygens (including phenoxy) is 2. The van der Waals surface area contributed by atoms with Gasteiger partial charge >= 0.3 is 18.1 Å². The Balaban J connectivity index is 1.57. The van der Waals surface area contributed by atoms with Crippen LogP contribution >= 0.6 is 0 Å². The lowest BCUT2D eigenvalue weighted by molar-refractivity contribution is 0.0580. The fourth-order valence-corrected chi connectivity index (χ4v) is 4.66. The summed E-state index contributed by atoms with van der Waals surface area (Å²) in [7, 11) is 0. The van der Waals surface area contributed by atoms with E-state index >= 15 is 4.39 Å². The fourth-order valence-electron chi connectivity index (χ4n) is 4.66. The van der Waals surface area contributed by atoms with Crippen LogP contribution in [0.1, 0.15) is 85.2 Å². The van der Waals surface area contributed by atoms with E-state index in [1.54, 1.807) is 46.8 Å². The lowest BCUT2D eigenvalue weighted by Crippen LogP contribution is -2.36. The number of esters is 1. The number of halogens is 1. The summed E-state index contributed by atoms with van der Waals surface area (Å²) < 4.78 is 26.6. The average molecular weight is 616 g/mol. The van der Waals surface area contributed by atoms with E-state index in [-0.39, 0.29) is 47.0 Å². The number of anilines is 2. The third kappa shape index (κ3) is 8.00. The van der Waals surface area contributed by atoms with Crippen LogP contribution in [0, 0.1) is 17.1 Å². The molecule has 234 valence electrons. The van der Waals surface area contributed by atoms with Gasteiger partial charge in [-0.2, -0.15) is 5.26 Å². The van der Waals surface area contributed by atoms with Crippen LogP contribution in [0.5, 0.6) is 5.75 Å². The summed E-state index contributed by atoms with van der Waals surface area (Å²) in [6.07, 6.45) is 1.13. The first kappa shape index (κ1) is 32.6. The van der Waals surface area contributed by atoms with Gasteiger partial charge in [-0.1, -0.05) is 13.0 Å². The van der Waals surface area contributed by atoms with E-state index in [9.17, 15) is 19.2 Å². The van der Waals surface area contributed by atoms with E-state index in [0.29, 0.717) is 17.7 Å². The molecule has 45 heavy (non-hydrogen) atoms. The predicted molar refractivity (Wildman–Crippen MR) is 164 cm³/mol. The largest absolute Gasteiger partial charge is 0.443 e. The Morgan fingerprint density at radius 1 is 1.11 bits per heavy atom. The SMILES string of the molecule is CCC(=O)c1ccc(F)c(C2CC2NC(=O)Nc2ccc(C#N)cn2)c1OC(=O)c1cccc(N(CC)C(=O)OC(C)(C)C)c1. The first-order valence-electron chi connectivity index (χ1n) is 14.5. The lowest BCUT2D eigenvalue weighted by atomic mass is 9.99. The molecule has 1 fully saturated rings. The van der Waals surface area contributed by atoms with Crippen LogP contribution in [0.15, 0.2) is 54.7 Å². The van der Waals surface area contributed by atoms with Crippen LogP contribution in [0.4, 0.5) is 25.5 Å². The number of nitrogens with zero attached hydrogens (tertiary/aromatic N) is 3. The van der Waals surface area contributed by atoms with Gasteiger partial charge in [-0.25, -0.2) is 23.8 Å². The Kier molecular flexibility index (Phi) is 9.82. The molecule has 3 amide bonds. The zero-order chi connectivity index (χ0) is 32.9. The number of benzene rings is 2. The third-order valence-corrected chi connectivity index (χ3v) is 6.89. The molecule has 12 heteroatoms. The molecule has 0 spiro atoms. The minimum atomic E-state index is -0.858. The van der Waals surface area contributed by atoms with Crippen molar-refractivity contribution < 1.29 is 33.0 Å². The van der Waals surface area contributed by atoms with Gasteiger partial charge in [0.05, 0.1) is 16.7 Å². The van der Waals surface area contributed by atoms with Crippen molar-refractivity contribution in [1.82, 2.24) is 10.3 Å². The molecule has 1 aliphatic carbocycles. The van der Waals surface area contributed by atoms with Crippen molar-refractivity contribution in [2.75, 3.05) is 16.8 Å². The Labute approximate surface area is 260 Å². The Hall–Kier alpha value is -5.31. The summed E-state index contributed by atoms with van der Waals surface area (Å²) in [6, 6.07) is 12.4. The molecule has 4 rings (SSSR count). The van der Waals surface area contributed by atoms with Gasteiger partial charge in [0, 0.05) is 42.4 Å². The molecule has 1 heterocycles. The van der Waals surface area contributed by atoms with Crippen molar-refractivity contribution in [3.63, 3.8) is 0 Å². The minimum Gasteiger partial charge on any atom is -0.443 e. The van der Waals surface area contributed by atoms with Crippen molar-refractivity contribution >= 4 is 35.4 Å². The normalized spacial score (nSPS) is 15.3. The maximum atomic E-state index is 15.4. The molecule has 0 aliphatic heterocycles. The van der Waals surface area contributed by atoms with E-state index in [4.69, 9.17) is 14.7 Å². The molecule has 2 aromatic carbocycles. The fraction of sp³-hybridized carbons (Fsp3) is 0.333. The van der Waals surface area contributed by atoms with Gasteiger partial charge in [0.1, 0.15) is 29.1 Å². The summed E-state index contributed by atoms with van der Waals surface area (Å²) in [5.41, 5.74) is 0.107. The Morgan fingerprint density at radius 2 is 1.87 bits per heavy atom. The van der Waals surface area contributed by atoms with Crippen LogP contribution in [-0.2, 0) is 4.74 Å². The monoisotopic (exact) mass is 615 g/mol. The van der Waals surface area contributed by atoms with Crippen LogP contribution in [0.3, 0.4) is 0 Å². The van der Waals surface area contributed by atoms with Gasteiger partial charge in [0.2, 0.25) is 0 Å². The highest BCUT2D eigenvalue weighted by molar-refractivity contribution is 6.01. The molecule has 11 nitrogen and oxygen atoms in total. The van der Waals surface area contributed by atoms with Gasteiger partial charge in [-0.15, -0.1) is 0 Å². The lowest BCUT2D eigenvalue weighted by Gasteiger charge is -2.26. The molecular weight excluding hydrogens is 581 g/mol. The molecule has 1 saturated carbocycles. The second-order valence-corrected chi connectivity index (χ2v) is 11.4. The highest BCUT2D eigenvalue weighted by atomic mass is 19.1. The van der Waals surface area contributed by atoms with E-state index in [1.165, 1.54) is 41.4 Å². The number of hydrogen-bond acceptors (Lipinski definition) is 8. The van der Waals surface area contributed by atoms with E-state index in [0.717, 1.165) is 6.07 Å². The van der Waals surface area contributed by atoms with Gasteiger partial charge in [0.25, 0.3) is 0 Å². The van der Waals surface area contributed by atoms with E-state index in [1.807, 2.05) is 6.07 Å². The number of ketones is 1. The van der Waals surface area contributed by atoms with Gasteiger partial charge in [-0.3, -0.25) is 15.0 Å². The van der Waals surface area contributed by atoms with Crippen LogP contribution < -0.4 is 20.3 Å². The minimum absolute atomic E-state index is 0.00421. The first-order chi connectivity index (χ1) is 21.3.